The molecule has 0 saturated heterocycles. The second-order valence-corrected chi connectivity index (χ2v) is 28.4. The fourth-order valence-electron chi connectivity index (χ4n) is 5.76. The minimum absolute atomic E-state index is 0. The van der Waals surface area contributed by atoms with Gasteiger partial charge in [0.15, 0.2) is 11.3 Å². The smallest absolute Gasteiger partial charge is 0.376 e. The van der Waals surface area contributed by atoms with Crippen LogP contribution in [-0.4, -0.2) is 77.9 Å². The van der Waals surface area contributed by atoms with Crippen molar-refractivity contribution in [2.24, 2.45) is 0 Å². The van der Waals surface area contributed by atoms with Crippen molar-refractivity contribution < 1.29 is 42.3 Å². The number of hydrogen-bond acceptors (Lipinski definition) is 14. The third-order valence-electron chi connectivity index (χ3n) is 8.86. The number of benzene rings is 2. The van der Waals surface area contributed by atoms with Crippen molar-refractivity contribution in [1.29, 1.82) is 5.41 Å². The number of aromatic nitrogens is 8. The maximum absolute atomic E-state index is 12.3. The molecule has 0 saturated carbocycles. The van der Waals surface area contributed by atoms with Crippen molar-refractivity contribution in [3.05, 3.63) is 99.3 Å². The predicted octanol–water partition coefficient (Wildman–Crippen LogP) is 12.4. The van der Waals surface area contributed by atoms with Crippen LogP contribution in [0, 0.1) is 9.84 Å². The first-order valence-electron chi connectivity index (χ1n) is 20.5. The molecular weight excluding hydrogens is 1360 g/mol. The quantitative estimate of drug-likeness (QED) is 0.0234. The van der Waals surface area contributed by atoms with Crippen molar-refractivity contribution in [2.75, 3.05) is 38.1 Å². The van der Waals surface area contributed by atoms with Gasteiger partial charge in [0.1, 0.15) is 10.9 Å². The molecule has 0 aliphatic heterocycles. The number of ether oxygens (including phenoxy) is 4. The number of anilines is 2. The summed E-state index contributed by atoms with van der Waals surface area (Å²) in [4.78, 5) is 30.1. The van der Waals surface area contributed by atoms with Crippen LogP contribution in [-0.2, 0) is 28.0 Å². The molecule has 2 aromatic carbocycles. The summed E-state index contributed by atoms with van der Waals surface area (Å²) in [5, 5.41) is 23.7. The zero-order valence-electron chi connectivity index (χ0n) is 39.1. The molecule has 0 unspecified atom stereocenters. The monoisotopic (exact) mass is 1420 g/mol. The van der Waals surface area contributed by atoms with E-state index in [1.807, 2.05) is 80.7 Å². The van der Waals surface area contributed by atoms with Gasteiger partial charge in [0.2, 0.25) is 23.5 Å². The van der Waals surface area contributed by atoms with E-state index in [1.54, 1.807) is 42.6 Å². The number of esters is 1. The summed E-state index contributed by atoms with van der Waals surface area (Å²) in [6, 6.07) is 15.4. The number of nitrogens with zero attached hydrogens (tertiary/aromatic N) is 8. The van der Waals surface area contributed by atoms with Crippen molar-refractivity contribution in [3.63, 3.8) is 0 Å². The van der Waals surface area contributed by atoms with Crippen molar-refractivity contribution in [2.45, 2.75) is 92.6 Å². The first-order chi connectivity index (χ1) is 30.3. The van der Waals surface area contributed by atoms with E-state index in [9.17, 15) is 4.79 Å². The zero-order chi connectivity index (χ0) is 47.7. The normalized spacial score (nSPS) is 11.5. The molecule has 6 rings (SSSR count). The van der Waals surface area contributed by atoms with Crippen LogP contribution >= 0.6 is 103 Å². The summed E-state index contributed by atoms with van der Waals surface area (Å²) >= 11 is 9.22. The molecular formula is C44H59ClI4N11O5V-. The summed E-state index contributed by atoms with van der Waals surface area (Å²) in [6.07, 6.45) is 3.55. The van der Waals surface area contributed by atoms with Crippen LogP contribution in [0.15, 0.2) is 60.9 Å². The molecule has 2 atom stereocenters. The van der Waals surface area contributed by atoms with E-state index in [4.69, 9.17) is 24.4 Å². The van der Waals surface area contributed by atoms with Crippen LogP contribution in [0.2, 0.25) is 0 Å². The molecule has 6 aromatic rings. The van der Waals surface area contributed by atoms with Gasteiger partial charge in [-0.2, -0.15) is 36.1 Å². The van der Waals surface area contributed by atoms with Gasteiger partial charge in [-0.25, -0.2) is 14.8 Å². The number of hydrogen-bond donors (Lipinski definition) is 3. The summed E-state index contributed by atoms with van der Waals surface area (Å²) in [6.45, 7) is 20.6. The number of halogens is 5. The molecule has 0 aliphatic carbocycles. The fraction of sp³-hybridized carbons (Fsp3) is 0.432. The number of rotatable bonds is 14. The van der Waals surface area contributed by atoms with Gasteiger partial charge in [-0.15, -0.1) is 12.4 Å². The molecule has 0 aliphatic rings. The standard InChI is InChI=1S/C20H26N6O2.C20H25N5O3.C2H3I3.C2H4I.ClH.V/c1-6-28-17(21)18-24-19-16(12(2)3)11-22-26(19)20(25-18)23-13(4)14-8-7-9-15(10-14)27-5;1-6-28-19(26)17-23-18-16(12(2)3)11-21-25(18)20(24-17)22-13(4)14-8-7-9-15(10-14)27-5;1-2(3,4)5;1-2-3;;/h7-13,21H,6H2,1-5H3,(H,23,24,25);7-13H,6H2,1-5H3,(H,22,23,24);1H3;2H,1H3;1H;/q;;;-1;;/t2*13-;;;;/m00..../s1. The third-order valence-corrected chi connectivity index (χ3v) is 8.86. The number of carbonyl (C=O) groups excluding carboxylic acids is 1. The Morgan fingerprint density at radius 1 is 0.742 bits per heavy atom. The summed E-state index contributed by atoms with van der Waals surface area (Å²) in [5.41, 5.74) is 5.25. The first-order valence-corrected chi connectivity index (χ1v) is 24.9. The van der Waals surface area contributed by atoms with Gasteiger partial charge in [0.25, 0.3) is 5.90 Å². The van der Waals surface area contributed by atoms with E-state index < -0.39 is 5.97 Å². The molecule has 66 heavy (non-hydrogen) atoms. The number of methoxy groups -OCH3 is 2. The van der Waals surface area contributed by atoms with E-state index in [0.717, 1.165) is 33.8 Å². The largest absolute Gasteiger partial charge is 0.497 e. The number of alkyl halides is 3. The topological polar surface area (TPSA) is 188 Å². The number of carbonyl (C=O) groups is 1. The first kappa shape index (κ1) is 61.5. The maximum Gasteiger partial charge on any atom is 0.376 e. The van der Waals surface area contributed by atoms with E-state index in [2.05, 4.69) is 166 Å². The Kier molecular flexibility index (Phi) is 28.1. The fourth-order valence-corrected chi connectivity index (χ4v) is 5.76. The number of nitrogens with one attached hydrogen (secondary N) is 3. The predicted molar refractivity (Wildman–Crippen MR) is 296 cm³/mol. The van der Waals surface area contributed by atoms with Crippen LogP contribution in [0.4, 0.5) is 11.9 Å². The van der Waals surface area contributed by atoms with E-state index in [-0.39, 0.29) is 79.0 Å². The molecule has 22 heteroatoms. The molecule has 0 bridgehead atoms. The maximum atomic E-state index is 12.3. The Balaban J connectivity index is 0.000000553. The average Bonchev–Trinajstić information content (AvgIpc) is 3.89. The van der Waals surface area contributed by atoms with Gasteiger partial charge >= 0.3 is 5.97 Å². The van der Waals surface area contributed by atoms with E-state index in [1.165, 1.54) is 0 Å². The minimum Gasteiger partial charge on any atom is -0.497 e. The Morgan fingerprint density at radius 2 is 1.12 bits per heavy atom. The Bertz CT molecular complexity index is 2270. The molecule has 0 fully saturated rings. The molecule has 16 nitrogen and oxygen atoms in total. The van der Waals surface area contributed by atoms with Gasteiger partial charge in [-0.1, -0.05) is 120 Å². The second kappa shape index (κ2) is 30.2. The van der Waals surface area contributed by atoms with Gasteiger partial charge in [-0.3, -0.25) is 9.84 Å². The Hall–Kier alpha value is -2.53. The zero-order valence-corrected chi connectivity index (χ0v) is 49.9. The molecule has 4 heterocycles. The Morgan fingerprint density at radius 3 is 1.48 bits per heavy atom. The van der Waals surface area contributed by atoms with Crippen molar-refractivity contribution in [3.8, 4) is 11.5 Å². The van der Waals surface area contributed by atoms with Crippen molar-refractivity contribution >= 4 is 138 Å². The molecule has 1 radical (unpaired) electrons. The summed E-state index contributed by atoms with van der Waals surface area (Å²) < 4.78 is 26.7. The van der Waals surface area contributed by atoms with E-state index in [0.29, 0.717) is 29.2 Å². The SMILES string of the molecule is CC(I)(I)I.CCOC(=N)c1nc(N[C@@H](C)c2cccc(OC)c2)n2ncc(C(C)C)c2n1.CCOC(=O)c1nc(N[C@@H](C)c2cccc(OC)c2)n2ncc(C(C)C)c2n1.C[CH-]I.Cl.[V]. The number of fused-ring (bicyclic) bond motifs is 2. The molecule has 0 spiro atoms. The summed E-state index contributed by atoms with van der Waals surface area (Å²) in [5.74, 6) is 2.56. The van der Waals surface area contributed by atoms with Gasteiger partial charge < -0.3 is 52.2 Å². The van der Waals surface area contributed by atoms with Gasteiger partial charge in [-0.05, 0) is 81.8 Å². The second-order valence-electron chi connectivity index (χ2n) is 14.5. The van der Waals surface area contributed by atoms with Crippen LogP contribution in [0.3, 0.4) is 0 Å². The molecule has 3 N–H and O–H groups in total. The minimum atomic E-state index is -0.557. The van der Waals surface area contributed by atoms with Crippen molar-refractivity contribution in [1.82, 2.24) is 39.2 Å². The van der Waals surface area contributed by atoms with Gasteiger partial charge in [0, 0.05) is 29.7 Å². The van der Waals surface area contributed by atoms with Gasteiger partial charge in [0.05, 0.1) is 51.9 Å². The molecule has 0 amide bonds. The van der Waals surface area contributed by atoms with Crippen LogP contribution < -0.4 is 20.1 Å². The van der Waals surface area contributed by atoms with E-state index >= 15 is 0 Å². The molecule has 4 aromatic heterocycles. The third kappa shape index (κ3) is 18.8. The summed E-state index contributed by atoms with van der Waals surface area (Å²) in [7, 11) is 3.28. The Labute approximate surface area is 461 Å². The van der Waals surface area contributed by atoms with Crippen LogP contribution in [0.1, 0.15) is 132 Å². The average molecular weight is 1420 g/mol. The molecule has 361 valence electrons. The van der Waals surface area contributed by atoms with Crippen LogP contribution in [0.5, 0.6) is 11.5 Å². The van der Waals surface area contributed by atoms with Crippen LogP contribution in [0.25, 0.3) is 11.3 Å².